The number of nitrogens with zero attached hydrogens (tertiary/aromatic N) is 2. The SMILES string of the molecule is CCN1CCOC(CN(CCCN)CC(C)C)C1. The van der Waals surface area contributed by atoms with Gasteiger partial charge in [-0.25, -0.2) is 0 Å². The van der Waals surface area contributed by atoms with Crippen molar-refractivity contribution in [2.24, 2.45) is 11.7 Å². The zero-order valence-electron chi connectivity index (χ0n) is 12.4. The fourth-order valence-corrected chi connectivity index (χ4v) is 2.55. The van der Waals surface area contributed by atoms with Gasteiger partial charge in [0.1, 0.15) is 0 Å². The van der Waals surface area contributed by atoms with Crippen LogP contribution in [0.5, 0.6) is 0 Å². The van der Waals surface area contributed by atoms with Crippen molar-refractivity contribution in [1.29, 1.82) is 0 Å². The van der Waals surface area contributed by atoms with E-state index in [1.54, 1.807) is 0 Å². The van der Waals surface area contributed by atoms with Gasteiger partial charge >= 0.3 is 0 Å². The van der Waals surface area contributed by atoms with Crippen LogP contribution >= 0.6 is 0 Å². The predicted octanol–water partition coefficient (Wildman–Crippen LogP) is 1.01. The number of hydrogen-bond acceptors (Lipinski definition) is 4. The number of hydrogen-bond donors (Lipinski definition) is 1. The van der Waals surface area contributed by atoms with E-state index in [-0.39, 0.29) is 0 Å². The summed E-state index contributed by atoms with van der Waals surface area (Å²) in [6.45, 7) is 15.0. The summed E-state index contributed by atoms with van der Waals surface area (Å²) >= 11 is 0. The highest BCUT2D eigenvalue weighted by atomic mass is 16.5. The van der Waals surface area contributed by atoms with Gasteiger partial charge in [0, 0.05) is 26.2 Å². The van der Waals surface area contributed by atoms with Crippen LogP contribution in [0.3, 0.4) is 0 Å². The van der Waals surface area contributed by atoms with Crippen molar-refractivity contribution >= 4 is 0 Å². The minimum Gasteiger partial charge on any atom is -0.374 e. The van der Waals surface area contributed by atoms with Gasteiger partial charge in [-0.3, -0.25) is 4.90 Å². The monoisotopic (exact) mass is 257 g/mol. The molecule has 0 aromatic heterocycles. The van der Waals surface area contributed by atoms with E-state index in [0.717, 1.165) is 58.8 Å². The van der Waals surface area contributed by atoms with Gasteiger partial charge in [0.05, 0.1) is 12.7 Å². The molecule has 1 heterocycles. The summed E-state index contributed by atoms with van der Waals surface area (Å²) in [5.74, 6) is 0.702. The van der Waals surface area contributed by atoms with Crippen molar-refractivity contribution < 1.29 is 4.74 Å². The third kappa shape index (κ3) is 6.14. The highest BCUT2D eigenvalue weighted by molar-refractivity contribution is 4.75. The van der Waals surface area contributed by atoms with E-state index >= 15 is 0 Å². The van der Waals surface area contributed by atoms with E-state index in [1.807, 2.05) is 0 Å². The standard InChI is InChI=1S/C14H31N3O/c1-4-16-8-9-18-14(11-16)12-17(7-5-6-15)10-13(2)3/h13-14H,4-12,15H2,1-3H3. The van der Waals surface area contributed by atoms with E-state index in [1.165, 1.54) is 0 Å². The van der Waals surface area contributed by atoms with Crippen molar-refractivity contribution in [3.8, 4) is 0 Å². The van der Waals surface area contributed by atoms with Gasteiger partial charge in [-0.2, -0.15) is 0 Å². The van der Waals surface area contributed by atoms with Gasteiger partial charge in [0.2, 0.25) is 0 Å². The molecule has 1 aliphatic heterocycles. The molecule has 1 atom stereocenters. The highest BCUT2D eigenvalue weighted by Crippen LogP contribution is 2.09. The first-order valence-corrected chi connectivity index (χ1v) is 7.42. The summed E-state index contributed by atoms with van der Waals surface area (Å²) in [5, 5.41) is 0. The van der Waals surface area contributed by atoms with Crippen LogP contribution < -0.4 is 5.73 Å². The molecule has 2 N–H and O–H groups in total. The zero-order chi connectivity index (χ0) is 13.4. The summed E-state index contributed by atoms with van der Waals surface area (Å²) in [7, 11) is 0. The molecule has 0 aromatic carbocycles. The molecule has 0 radical (unpaired) electrons. The van der Waals surface area contributed by atoms with Crippen LogP contribution in [-0.4, -0.2) is 68.3 Å². The molecule has 18 heavy (non-hydrogen) atoms. The second kappa shape index (κ2) is 8.86. The molecule has 0 amide bonds. The van der Waals surface area contributed by atoms with Gasteiger partial charge in [0.15, 0.2) is 0 Å². The smallest absolute Gasteiger partial charge is 0.0829 e. The minimum atomic E-state index is 0.371. The zero-order valence-corrected chi connectivity index (χ0v) is 12.4. The van der Waals surface area contributed by atoms with Crippen molar-refractivity contribution in [3.63, 3.8) is 0 Å². The molecule has 0 spiro atoms. The highest BCUT2D eigenvalue weighted by Gasteiger charge is 2.21. The molecule has 1 rings (SSSR count). The van der Waals surface area contributed by atoms with Gasteiger partial charge in [-0.15, -0.1) is 0 Å². The third-order valence-corrected chi connectivity index (χ3v) is 3.43. The van der Waals surface area contributed by atoms with Crippen LogP contribution in [0.25, 0.3) is 0 Å². The largest absolute Gasteiger partial charge is 0.374 e. The number of ether oxygens (including phenoxy) is 1. The predicted molar refractivity (Wildman–Crippen MR) is 76.8 cm³/mol. The van der Waals surface area contributed by atoms with Crippen LogP contribution in [0.1, 0.15) is 27.2 Å². The number of morpholine rings is 1. The molecule has 1 fully saturated rings. The van der Waals surface area contributed by atoms with Crippen molar-refractivity contribution in [3.05, 3.63) is 0 Å². The van der Waals surface area contributed by atoms with Crippen molar-refractivity contribution in [2.45, 2.75) is 33.3 Å². The maximum Gasteiger partial charge on any atom is 0.0829 e. The van der Waals surface area contributed by atoms with Crippen molar-refractivity contribution in [1.82, 2.24) is 9.80 Å². The first kappa shape index (κ1) is 15.9. The lowest BCUT2D eigenvalue weighted by atomic mass is 10.1. The van der Waals surface area contributed by atoms with Crippen LogP contribution in [0, 0.1) is 5.92 Å². The molecule has 4 heteroatoms. The molecule has 0 saturated carbocycles. The molecule has 0 aliphatic carbocycles. The molecule has 1 saturated heterocycles. The minimum absolute atomic E-state index is 0.371. The Labute approximate surface area is 112 Å². The summed E-state index contributed by atoms with van der Waals surface area (Å²) in [5.41, 5.74) is 5.62. The number of likely N-dealkylation sites (N-methyl/N-ethyl adjacent to an activating group) is 1. The normalized spacial score (nSPS) is 22.0. The first-order valence-electron chi connectivity index (χ1n) is 7.42. The Bertz CT molecular complexity index is 211. The average molecular weight is 257 g/mol. The molecule has 4 nitrogen and oxygen atoms in total. The van der Waals surface area contributed by atoms with E-state index in [2.05, 4.69) is 30.6 Å². The Morgan fingerprint density at radius 2 is 2.22 bits per heavy atom. The lowest BCUT2D eigenvalue weighted by molar-refractivity contribution is -0.0429. The molecule has 1 aliphatic rings. The second-order valence-corrected chi connectivity index (χ2v) is 5.68. The average Bonchev–Trinajstić information content (AvgIpc) is 2.35. The van der Waals surface area contributed by atoms with E-state index in [0.29, 0.717) is 12.0 Å². The molecular formula is C14H31N3O. The van der Waals surface area contributed by atoms with Crippen LogP contribution in [-0.2, 0) is 4.74 Å². The molecule has 0 aromatic rings. The maximum absolute atomic E-state index is 5.89. The summed E-state index contributed by atoms with van der Waals surface area (Å²) in [4.78, 5) is 4.99. The molecule has 1 unspecified atom stereocenters. The van der Waals surface area contributed by atoms with Crippen LogP contribution in [0.4, 0.5) is 0 Å². The third-order valence-electron chi connectivity index (χ3n) is 3.43. The fourth-order valence-electron chi connectivity index (χ4n) is 2.55. The quantitative estimate of drug-likeness (QED) is 0.705. The Balaban J connectivity index is 2.37. The first-order chi connectivity index (χ1) is 8.65. The van der Waals surface area contributed by atoms with Gasteiger partial charge < -0.3 is 15.4 Å². The second-order valence-electron chi connectivity index (χ2n) is 5.68. The molecule has 108 valence electrons. The summed E-state index contributed by atoms with van der Waals surface area (Å²) in [6.07, 6.45) is 1.45. The van der Waals surface area contributed by atoms with Gasteiger partial charge in [-0.1, -0.05) is 20.8 Å². The number of rotatable bonds is 8. The van der Waals surface area contributed by atoms with Gasteiger partial charge in [0.25, 0.3) is 0 Å². The van der Waals surface area contributed by atoms with Crippen LogP contribution in [0.15, 0.2) is 0 Å². The topological polar surface area (TPSA) is 41.7 Å². The van der Waals surface area contributed by atoms with Crippen LogP contribution in [0.2, 0.25) is 0 Å². The Kier molecular flexibility index (Phi) is 7.82. The summed E-state index contributed by atoms with van der Waals surface area (Å²) in [6, 6.07) is 0. The maximum atomic E-state index is 5.89. The van der Waals surface area contributed by atoms with Gasteiger partial charge in [-0.05, 0) is 32.0 Å². The Hall–Kier alpha value is -0.160. The number of nitrogens with two attached hydrogens (primary N) is 1. The molecule has 0 bridgehead atoms. The molecular weight excluding hydrogens is 226 g/mol. The Morgan fingerprint density at radius 3 is 2.83 bits per heavy atom. The lowest BCUT2D eigenvalue weighted by Gasteiger charge is -2.35. The van der Waals surface area contributed by atoms with Crippen molar-refractivity contribution in [2.75, 3.05) is 52.4 Å². The van der Waals surface area contributed by atoms with E-state index in [9.17, 15) is 0 Å². The lowest BCUT2D eigenvalue weighted by Crippen LogP contribution is -2.48. The Morgan fingerprint density at radius 1 is 1.44 bits per heavy atom. The fraction of sp³-hybridized carbons (Fsp3) is 1.00. The summed E-state index contributed by atoms with van der Waals surface area (Å²) < 4.78 is 5.89. The van der Waals surface area contributed by atoms with E-state index < -0.39 is 0 Å². The van der Waals surface area contributed by atoms with E-state index in [4.69, 9.17) is 10.5 Å².